The molecule has 0 spiro atoms. The molecule has 0 aromatic carbocycles. The fourth-order valence-electron chi connectivity index (χ4n) is 2.14. The first kappa shape index (κ1) is 26.4. The van der Waals surface area contributed by atoms with Crippen molar-refractivity contribution in [2.45, 2.75) is 37.9 Å². The van der Waals surface area contributed by atoms with Crippen LogP contribution in [0.25, 0.3) is 0 Å². The van der Waals surface area contributed by atoms with Crippen LogP contribution in [-0.4, -0.2) is 75.5 Å². The lowest BCUT2D eigenvalue weighted by Crippen LogP contribution is -2.37. The van der Waals surface area contributed by atoms with E-state index in [0.717, 1.165) is 18.9 Å². The summed E-state index contributed by atoms with van der Waals surface area (Å²) in [6.45, 7) is 0.773. The summed E-state index contributed by atoms with van der Waals surface area (Å²) in [6, 6.07) is 0. The number of amides is 1. The summed E-state index contributed by atoms with van der Waals surface area (Å²) in [5.41, 5.74) is 0. The number of carbonyl (C=O) groups excluding carboxylic acids is 3. The number of carboxylic acid groups (broad SMARTS) is 3. The maximum absolute atomic E-state index is 12.2. The zero-order chi connectivity index (χ0) is 22.6. The fourth-order valence-corrected chi connectivity index (χ4v) is 3.37. The van der Waals surface area contributed by atoms with Crippen molar-refractivity contribution in [2.24, 2.45) is 11.8 Å². The number of hydrogen-bond acceptors (Lipinski definition) is 8. The Hall–Kier alpha value is -2.63. The minimum Gasteiger partial charge on any atom is -0.481 e. The van der Waals surface area contributed by atoms with Crippen molar-refractivity contribution in [3.05, 3.63) is 0 Å². The lowest BCUT2D eigenvalue weighted by atomic mass is 9.97. The van der Waals surface area contributed by atoms with Gasteiger partial charge in [0.05, 0.1) is 25.4 Å². The third kappa shape index (κ3) is 11.7. The summed E-state index contributed by atoms with van der Waals surface area (Å²) in [4.78, 5) is 68.4. The van der Waals surface area contributed by atoms with Crippen LogP contribution in [-0.2, 0) is 33.5 Å². The summed E-state index contributed by atoms with van der Waals surface area (Å²) < 4.78 is 4.53. The van der Waals surface area contributed by atoms with Gasteiger partial charge in [0.25, 0.3) is 0 Å². The van der Waals surface area contributed by atoms with Crippen molar-refractivity contribution in [3.8, 4) is 0 Å². The molecule has 12 heteroatoms. The second kappa shape index (κ2) is 13.5. The highest BCUT2D eigenvalue weighted by Gasteiger charge is 2.28. The van der Waals surface area contributed by atoms with E-state index in [4.69, 9.17) is 15.3 Å². The minimum atomic E-state index is -1.29. The highest BCUT2D eigenvalue weighted by molar-refractivity contribution is 8.00. The monoisotopic (exact) mass is 435 g/mol. The molecule has 0 fully saturated rings. The number of aliphatic carboxylic acids is 3. The lowest BCUT2D eigenvalue weighted by molar-refractivity contribution is -0.144. The van der Waals surface area contributed by atoms with Crippen molar-refractivity contribution < 1.29 is 48.8 Å². The Morgan fingerprint density at radius 3 is 2.10 bits per heavy atom. The van der Waals surface area contributed by atoms with Crippen LogP contribution in [0.4, 0.5) is 0 Å². The van der Waals surface area contributed by atoms with Crippen LogP contribution < -0.4 is 5.32 Å². The summed E-state index contributed by atoms with van der Waals surface area (Å²) in [5.74, 6) is -7.43. The molecule has 0 rings (SSSR count). The molecule has 0 saturated carbocycles. The maximum atomic E-state index is 12.2. The zero-order valence-electron chi connectivity index (χ0n) is 16.1. The summed E-state index contributed by atoms with van der Waals surface area (Å²) in [5, 5.41) is 27.5. The van der Waals surface area contributed by atoms with Crippen molar-refractivity contribution in [1.29, 1.82) is 0 Å². The van der Waals surface area contributed by atoms with E-state index >= 15 is 0 Å². The van der Waals surface area contributed by atoms with E-state index in [1.807, 2.05) is 0 Å². The molecule has 11 nitrogen and oxygen atoms in total. The van der Waals surface area contributed by atoms with Gasteiger partial charge < -0.3 is 25.4 Å². The molecule has 4 N–H and O–H groups in total. The van der Waals surface area contributed by atoms with Gasteiger partial charge in [-0.3, -0.25) is 28.8 Å². The Morgan fingerprint density at radius 1 is 1.00 bits per heavy atom. The molecule has 3 atom stereocenters. The lowest BCUT2D eigenvalue weighted by Gasteiger charge is -2.18. The number of esters is 1. The van der Waals surface area contributed by atoms with Gasteiger partial charge in [-0.15, -0.1) is 11.8 Å². The van der Waals surface area contributed by atoms with E-state index in [0.29, 0.717) is 0 Å². The molecule has 0 aromatic heterocycles. The van der Waals surface area contributed by atoms with Crippen molar-refractivity contribution >= 4 is 47.3 Å². The SMILES string of the molecule is COC(=O)C(CC(=O)O)SC[C@H](CC(=O)CC[C@H](C)C(=O)O)C(=O)NCC(=O)O. The number of ketones is 1. The molecule has 1 unspecified atom stereocenters. The van der Waals surface area contributed by atoms with E-state index in [2.05, 4.69) is 10.1 Å². The number of Topliss-reactive ketones (excluding diaryl/α,β-unsaturated/α-hetero) is 1. The third-order valence-corrected chi connectivity index (χ3v) is 5.22. The first-order chi connectivity index (χ1) is 13.5. The highest BCUT2D eigenvalue weighted by atomic mass is 32.2. The minimum absolute atomic E-state index is 0.0780. The number of hydrogen-bond donors (Lipinski definition) is 4. The standard InChI is InChI=1S/C17H25NO10S/c1-9(16(25)26)3-4-11(19)5-10(15(24)18-7-14(22)23)8-29-12(6-13(20)21)17(27)28-2/h9-10,12H,3-8H2,1-2H3,(H,18,24)(H,20,21)(H,22,23)(H,25,26)/t9-,10-,12?/m0/s1. The van der Waals surface area contributed by atoms with Crippen LogP contribution in [0.5, 0.6) is 0 Å². The molecule has 164 valence electrons. The number of ether oxygens (including phenoxy) is 1. The number of thioether (sulfide) groups is 1. The number of carbonyl (C=O) groups is 6. The molecule has 0 bridgehead atoms. The Balaban J connectivity index is 5.07. The molecule has 0 saturated heterocycles. The molecule has 0 aliphatic heterocycles. The molecule has 29 heavy (non-hydrogen) atoms. The Bertz CT molecular complexity index is 636. The van der Waals surface area contributed by atoms with Crippen LogP contribution >= 0.6 is 11.8 Å². The Kier molecular flexibility index (Phi) is 12.3. The van der Waals surface area contributed by atoms with Crippen LogP contribution in [0.2, 0.25) is 0 Å². The van der Waals surface area contributed by atoms with E-state index in [9.17, 15) is 28.8 Å². The summed E-state index contributed by atoms with van der Waals surface area (Å²) >= 11 is 0.815. The van der Waals surface area contributed by atoms with Crippen LogP contribution in [0, 0.1) is 11.8 Å². The van der Waals surface area contributed by atoms with E-state index in [-0.39, 0.29) is 25.0 Å². The van der Waals surface area contributed by atoms with Crippen molar-refractivity contribution in [1.82, 2.24) is 5.32 Å². The average molecular weight is 435 g/mol. The van der Waals surface area contributed by atoms with Gasteiger partial charge >= 0.3 is 23.9 Å². The van der Waals surface area contributed by atoms with Crippen LogP contribution in [0.15, 0.2) is 0 Å². The molecule has 0 radical (unpaired) electrons. The molecule has 0 aliphatic rings. The Labute approximate surface area is 171 Å². The van der Waals surface area contributed by atoms with Gasteiger partial charge in [-0.25, -0.2) is 0 Å². The Morgan fingerprint density at radius 2 is 1.62 bits per heavy atom. The van der Waals surface area contributed by atoms with Gasteiger partial charge in [0.1, 0.15) is 17.6 Å². The number of rotatable bonds is 15. The van der Waals surface area contributed by atoms with Gasteiger partial charge in [0, 0.05) is 18.6 Å². The molecule has 0 heterocycles. The van der Waals surface area contributed by atoms with Crippen LogP contribution in [0.3, 0.4) is 0 Å². The van der Waals surface area contributed by atoms with Crippen molar-refractivity contribution in [2.75, 3.05) is 19.4 Å². The fraction of sp³-hybridized carbons (Fsp3) is 0.647. The van der Waals surface area contributed by atoms with Gasteiger partial charge in [0.15, 0.2) is 0 Å². The normalized spacial score (nSPS) is 13.6. The van der Waals surface area contributed by atoms with Crippen LogP contribution in [0.1, 0.15) is 32.6 Å². The highest BCUT2D eigenvalue weighted by Crippen LogP contribution is 2.23. The number of methoxy groups -OCH3 is 1. The molecular formula is C17H25NO10S. The largest absolute Gasteiger partial charge is 0.481 e. The quantitative estimate of drug-likeness (QED) is 0.254. The number of carboxylic acids is 3. The molecular weight excluding hydrogens is 410 g/mol. The third-order valence-electron chi connectivity index (χ3n) is 3.86. The smallest absolute Gasteiger partial charge is 0.322 e. The topological polar surface area (TPSA) is 184 Å². The predicted molar refractivity (Wildman–Crippen MR) is 100 cm³/mol. The molecule has 0 aliphatic carbocycles. The van der Waals surface area contributed by atoms with Gasteiger partial charge in [-0.05, 0) is 6.42 Å². The average Bonchev–Trinajstić information content (AvgIpc) is 2.64. The van der Waals surface area contributed by atoms with E-state index in [1.165, 1.54) is 6.92 Å². The summed E-state index contributed by atoms with van der Waals surface area (Å²) in [6.07, 6.45) is -0.860. The second-order valence-electron chi connectivity index (χ2n) is 6.27. The van der Waals surface area contributed by atoms with Gasteiger partial charge in [0.2, 0.25) is 5.91 Å². The molecule has 1 amide bonds. The van der Waals surface area contributed by atoms with E-state index < -0.39 is 65.6 Å². The van der Waals surface area contributed by atoms with Crippen molar-refractivity contribution in [3.63, 3.8) is 0 Å². The van der Waals surface area contributed by atoms with Gasteiger partial charge in [-0.2, -0.15) is 0 Å². The predicted octanol–water partition coefficient (Wildman–Crippen LogP) is 0.0130. The first-order valence-electron chi connectivity index (χ1n) is 8.63. The first-order valence-corrected chi connectivity index (χ1v) is 9.68. The molecule has 0 aromatic rings. The maximum Gasteiger partial charge on any atom is 0.322 e. The second-order valence-corrected chi connectivity index (χ2v) is 7.51. The zero-order valence-corrected chi connectivity index (χ0v) is 16.9. The number of nitrogens with one attached hydrogen (secondary N) is 1. The summed E-state index contributed by atoms with van der Waals surface area (Å²) in [7, 11) is 1.09. The van der Waals surface area contributed by atoms with Gasteiger partial charge in [-0.1, -0.05) is 6.92 Å². The van der Waals surface area contributed by atoms with E-state index in [1.54, 1.807) is 0 Å².